The summed E-state index contributed by atoms with van der Waals surface area (Å²) in [5.74, 6) is 1.13. The topological polar surface area (TPSA) is 0 Å². The first-order valence-electron chi connectivity index (χ1n) is 2.21. The van der Waals surface area contributed by atoms with E-state index < -0.39 is 0 Å². The van der Waals surface area contributed by atoms with Crippen LogP contribution in [0.2, 0.25) is 10.5 Å². The molecule has 0 amide bonds. The van der Waals surface area contributed by atoms with Crippen molar-refractivity contribution < 1.29 is 0 Å². The van der Waals surface area contributed by atoms with Gasteiger partial charge in [-0.1, -0.05) is 0 Å². The zero-order valence-corrected chi connectivity index (χ0v) is 5.99. The standard InChI is InChI=1S/C4H9Ge/c1-4-2-5-3-4/h4-5H,2-3H2,1H3. The monoisotopic (exact) mass is 131 g/mol. The van der Waals surface area contributed by atoms with Crippen molar-refractivity contribution >= 4 is 15.4 Å². The molecule has 1 rings (SSSR count). The Bertz CT molecular complexity index is 30.6. The van der Waals surface area contributed by atoms with Gasteiger partial charge in [0, 0.05) is 0 Å². The van der Waals surface area contributed by atoms with Crippen molar-refractivity contribution in [3.63, 3.8) is 0 Å². The van der Waals surface area contributed by atoms with Crippen molar-refractivity contribution in [2.75, 3.05) is 0 Å². The van der Waals surface area contributed by atoms with Crippen LogP contribution in [0.25, 0.3) is 0 Å². The minimum atomic E-state index is 0.441. The molecule has 5 heavy (non-hydrogen) atoms. The van der Waals surface area contributed by atoms with Crippen LogP contribution in [-0.2, 0) is 0 Å². The van der Waals surface area contributed by atoms with Gasteiger partial charge >= 0.3 is 38.8 Å². The van der Waals surface area contributed by atoms with Crippen LogP contribution in [-0.4, -0.2) is 15.4 Å². The van der Waals surface area contributed by atoms with E-state index >= 15 is 0 Å². The van der Waals surface area contributed by atoms with Gasteiger partial charge in [0.15, 0.2) is 0 Å². The molecule has 1 aliphatic rings. The summed E-state index contributed by atoms with van der Waals surface area (Å²) in [4.78, 5) is 0. The van der Waals surface area contributed by atoms with E-state index in [4.69, 9.17) is 0 Å². The molecular formula is C4H9Ge. The van der Waals surface area contributed by atoms with E-state index in [1.165, 1.54) is 0 Å². The Hall–Kier alpha value is 0.543. The van der Waals surface area contributed by atoms with Gasteiger partial charge in [-0.05, 0) is 0 Å². The van der Waals surface area contributed by atoms with Crippen molar-refractivity contribution in [3.8, 4) is 0 Å². The van der Waals surface area contributed by atoms with E-state index in [0.29, 0.717) is 15.4 Å². The summed E-state index contributed by atoms with van der Waals surface area (Å²) < 4.78 is 0. The molecule has 0 aromatic heterocycles. The van der Waals surface area contributed by atoms with Crippen LogP contribution in [0, 0.1) is 5.92 Å². The van der Waals surface area contributed by atoms with E-state index in [1.807, 2.05) is 0 Å². The summed E-state index contributed by atoms with van der Waals surface area (Å²) in [5, 5.41) is 3.28. The van der Waals surface area contributed by atoms with Gasteiger partial charge in [0.25, 0.3) is 0 Å². The van der Waals surface area contributed by atoms with E-state index in [0.717, 1.165) is 5.92 Å². The van der Waals surface area contributed by atoms with E-state index in [9.17, 15) is 0 Å². The SMILES string of the molecule is CC1[CH2][GeH][CH2]1. The summed E-state index contributed by atoms with van der Waals surface area (Å²) in [7, 11) is 0. The first-order chi connectivity index (χ1) is 2.39. The zero-order chi connectivity index (χ0) is 3.70. The van der Waals surface area contributed by atoms with Gasteiger partial charge in [-0.25, -0.2) is 0 Å². The van der Waals surface area contributed by atoms with Crippen LogP contribution in [0.3, 0.4) is 0 Å². The molecule has 1 heteroatoms. The molecule has 1 aliphatic heterocycles. The third kappa shape index (κ3) is 0.686. The first kappa shape index (κ1) is 3.72. The van der Waals surface area contributed by atoms with Crippen LogP contribution < -0.4 is 0 Å². The second-order valence-electron chi connectivity index (χ2n) is 1.87. The predicted octanol–water partition coefficient (Wildman–Crippen LogP) is 0.909. The average Bonchev–Trinajstić information content (AvgIpc) is 1.30. The molecule has 0 atom stereocenters. The molecule has 1 heterocycles. The van der Waals surface area contributed by atoms with Crippen molar-refractivity contribution in [1.29, 1.82) is 0 Å². The summed E-state index contributed by atoms with van der Waals surface area (Å²) in [5.41, 5.74) is 0. The fourth-order valence-electron chi connectivity index (χ4n) is 0.500. The van der Waals surface area contributed by atoms with Crippen LogP contribution in [0.5, 0.6) is 0 Å². The Balaban J connectivity index is 2.08. The Morgan fingerprint density at radius 3 is 2.00 bits per heavy atom. The van der Waals surface area contributed by atoms with Crippen LogP contribution >= 0.6 is 0 Å². The molecule has 0 saturated carbocycles. The second-order valence-corrected chi connectivity index (χ2v) is 5.05. The molecule has 1 radical (unpaired) electrons. The summed E-state index contributed by atoms with van der Waals surface area (Å²) >= 11 is 0.441. The quantitative estimate of drug-likeness (QED) is 0.427. The predicted molar refractivity (Wildman–Crippen MR) is 25.9 cm³/mol. The third-order valence-electron chi connectivity index (χ3n) is 1.14. The molecule has 1 fully saturated rings. The molecule has 0 aromatic carbocycles. The van der Waals surface area contributed by atoms with Gasteiger partial charge in [0.1, 0.15) is 0 Å². The maximum atomic E-state index is 2.35. The molecule has 0 nitrogen and oxygen atoms in total. The van der Waals surface area contributed by atoms with E-state index in [1.54, 1.807) is 10.5 Å². The molecule has 0 aromatic rings. The van der Waals surface area contributed by atoms with Gasteiger partial charge in [0.05, 0.1) is 0 Å². The molecule has 0 aliphatic carbocycles. The summed E-state index contributed by atoms with van der Waals surface area (Å²) in [6, 6.07) is 0. The van der Waals surface area contributed by atoms with Gasteiger partial charge in [-0.2, -0.15) is 0 Å². The van der Waals surface area contributed by atoms with Crippen molar-refractivity contribution in [1.82, 2.24) is 0 Å². The van der Waals surface area contributed by atoms with Gasteiger partial charge < -0.3 is 0 Å². The van der Waals surface area contributed by atoms with E-state index in [-0.39, 0.29) is 0 Å². The fraction of sp³-hybridized carbons (Fsp3) is 1.00. The molecular weight excluding hydrogens is 121 g/mol. The van der Waals surface area contributed by atoms with E-state index in [2.05, 4.69) is 6.92 Å². The van der Waals surface area contributed by atoms with Crippen molar-refractivity contribution in [2.24, 2.45) is 5.92 Å². The Morgan fingerprint density at radius 2 is 2.00 bits per heavy atom. The van der Waals surface area contributed by atoms with Gasteiger partial charge in [0.2, 0.25) is 0 Å². The molecule has 0 N–H and O–H groups in total. The molecule has 29 valence electrons. The Morgan fingerprint density at radius 1 is 1.60 bits per heavy atom. The Kier molecular flexibility index (Phi) is 0.992. The maximum absolute atomic E-state index is 2.35. The van der Waals surface area contributed by atoms with Crippen molar-refractivity contribution in [3.05, 3.63) is 0 Å². The number of hydrogen-bond donors (Lipinski definition) is 0. The second kappa shape index (κ2) is 1.33. The summed E-state index contributed by atoms with van der Waals surface area (Å²) in [6.45, 7) is 2.35. The fourth-order valence-corrected chi connectivity index (χ4v) is 2.60. The van der Waals surface area contributed by atoms with Crippen LogP contribution in [0.4, 0.5) is 0 Å². The molecule has 0 spiro atoms. The Labute approximate surface area is 39.4 Å². The zero-order valence-electron chi connectivity index (χ0n) is 3.57. The van der Waals surface area contributed by atoms with Crippen LogP contribution in [0.1, 0.15) is 6.92 Å². The first-order valence-corrected chi connectivity index (χ1v) is 5.64. The molecule has 0 bridgehead atoms. The average molecular weight is 130 g/mol. The third-order valence-corrected chi connectivity index (χ3v) is 5.91. The minimum absolute atomic E-state index is 0.441. The molecule has 0 unspecified atom stereocenters. The van der Waals surface area contributed by atoms with Crippen LogP contribution in [0.15, 0.2) is 0 Å². The van der Waals surface area contributed by atoms with Crippen molar-refractivity contribution in [2.45, 2.75) is 17.4 Å². The number of rotatable bonds is 0. The van der Waals surface area contributed by atoms with Gasteiger partial charge in [-0.15, -0.1) is 0 Å². The van der Waals surface area contributed by atoms with Gasteiger partial charge in [-0.3, -0.25) is 0 Å². The summed E-state index contributed by atoms with van der Waals surface area (Å²) in [6.07, 6.45) is 0. The number of hydrogen-bond acceptors (Lipinski definition) is 0. The molecule has 1 saturated heterocycles. The normalized spacial score (nSPS) is 25.8.